The quantitative estimate of drug-likeness (QED) is 0.170. The molecule has 1 aliphatic rings. The summed E-state index contributed by atoms with van der Waals surface area (Å²) in [5.41, 5.74) is 12.8. The second-order valence-corrected chi connectivity index (χ2v) is 18.5. The van der Waals surface area contributed by atoms with Gasteiger partial charge in [-0.15, -0.1) is 0 Å². The Morgan fingerprint density at radius 3 is 1.88 bits per heavy atom. The molecule has 8 aromatic carbocycles. The highest BCUT2D eigenvalue weighted by atomic mass is 28.3. The molecule has 0 fully saturated rings. The summed E-state index contributed by atoms with van der Waals surface area (Å²) >= 11 is 0. The van der Waals surface area contributed by atoms with Gasteiger partial charge in [-0.25, -0.2) is 0 Å². The first-order valence-electron chi connectivity index (χ1n) is 17.7. The minimum Gasteiger partial charge on any atom is -0.456 e. The van der Waals surface area contributed by atoms with E-state index in [0.29, 0.717) is 0 Å². The minimum absolute atomic E-state index is 0.946. The van der Waals surface area contributed by atoms with Gasteiger partial charge in [0.05, 0.1) is 0 Å². The van der Waals surface area contributed by atoms with Gasteiger partial charge >= 0.3 is 0 Å². The van der Waals surface area contributed by atoms with E-state index in [1.807, 2.05) is 0 Å². The predicted molar refractivity (Wildman–Crippen MR) is 219 cm³/mol. The topological polar surface area (TPSA) is 16.4 Å². The fourth-order valence-electron chi connectivity index (χ4n) is 8.26. The van der Waals surface area contributed by atoms with Crippen molar-refractivity contribution in [2.75, 3.05) is 4.90 Å². The number of nitrogens with zero attached hydrogens (tertiary/aromatic N) is 1. The van der Waals surface area contributed by atoms with Crippen molar-refractivity contribution in [2.24, 2.45) is 0 Å². The summed E-state index contributed by atoms with van der Waals surface area (Å²) in [5.74, 6) is 0. The Kier molecular flexibility index (Phi) is 6.67. The number of furan rings is 1. The van der Waals surface area contributed by atoms with E-state index in [-0.39, 0.29) is 0 Å². The number of anilines is 3. The lowest BCUT2D eigenvalue weighted by Crippen LogP contribution is -2.49. The average Bonchev–Trinajstić information content (AvgIpc) is 3.67. The van der Waals surface area contributed by atoms with Crippen LogP contribution in [0.3, 0.4) is 0 Å². The summed E-state index contributed by atoms with van der Waals surface area (Å²) in [7, 11) is -2.06. The minimum atomic E-state index is -2.06. The normalized spacial score (nSPS) is 13.1. The molecule has 9 aromatic rings. The fourth-order valence-corrected chi connectivity index (χ4v) is 11.3. The van der Waals surface area contributed by atoms with Crippen LogP contribution in [0.2, 0.25) is 13.1 Å². The predicted octanol–water partition coefficient (Wildman–Crippen LogP) is 12.3. The maximum Gasteiger partial charge on any atom is 0.136 e. The largest absolute Gasteiger partial charge is 0.456 e. The van der Waals surface area contributed by atoms with Crippen LogP contribution in [-0.2, 0) is 0 Å². The molecule has 0 amide bonds. The monoisotopic (exact) mass is 669 g/mol. The van der Waals surface area contributed by atoms with E-state index in [4.69, 9.17) is 4.42 Å². The van der Waals surface area contributed by atoms with Crippen LogP contribution in [0, 0.1) is 0 Å². The number of hydrogen-bond donors (Lipinski definition) is 0. The molecule has 0 spiro atoms. The van der Waals surface area contributed by atoms with Gasteiger partial charge in [-0.3, -0.25) is 0 Å². The Hall–Kier alpha value is -6.16. The molecule has 0 atom stereocenters. The third-order valence-electron chi connectivity index (χ3n) is 10.8. The second-order valence-electron chi connectivity index (χ2n) is 14.2. The molecular weight excluding hydrogens is 635 g/mol. The summed E-state index contributed by atoms with van der Waals surface area (Å²) in [5, 5.41) is 7.87. The van der Waals surface area contributed by atoms with Crippen molar-refractivity contribution in [3.8, 4) is 33.4 Å². The first kappa shape index (κ1) is 29.7. The third kappa shape index (κ3) is 4.77. The first-order valence-corrected chi connectivity index (χ1v) is 20.7. The van der Waals surface area contributed by atoms with Gasteiger partial charge in [0.15, 0.2) is 0 Å². The van der Waals surface area contributed by atoms with E-state index in [1.54, 1.807) is 0 Å². The van der Waals surface area contributed by atoms with Gasteiger partial charge in [-0.05, 0) is 109 Å². The Morgan fingerprint density at radius 1 is 0.431 bits per heavy atom. The third-order valence-corrected chi connectivity index (χ3v) is 14.3. The maximum absolute atomic E-state index is 6.36. The van der Waals surface area contributed by atoms with Crippen molar-refractivity contribution in [3.63, 3.8) is 0 Å². The highest BCUT2D eigenvalue weighted by Gasteiger charge is 2.39. The molecule has 2 nitrogen and oxygen atoms in total. The van der Waals surface area contributed by atoms with Crippen LogP contribution in [-0.4, -0.2) is 8.07 Å². The Balaban J connectivity index is 1.16. The van der Waals surface area contributed by atoms with Crippen LogP contribution >= 0.6 is 0 Å². The van der Waals surface area contributed by atoms with Gasteiger partial charge in [0, 0.05) is 27.8 Å². The van der Waals surface area contributed by atoms with Crippen LogP contribution in [0.25, 0.3) is 66.1 Å². The van der Waals surface area contributed by atoms with E-state index in [2.05, 4.69) is 194 Å². The van der Waals surface area contributed by atoms with Crippen LogP contribution in [0.1, 0.15) is 0 Å². The Bertz CT molecular complexity index is 2790. The zero-order valence-electron chi connectivity index (χ0n) is 28.6. The van der Waals surface area contributed by atoms with Crippen LogP contribution in [0.4, 0.5) is 17.1 Å². The van der Waals surface area contributed by atoms with Crippen molar-refractivity contribution >= 4 is 68.2 Å². The second kappa shape index (κ2) is 11.4. The van der Waals surface area contributed by atoms with Crippen molar-refractivity contribution in [1.29, 1.82) is 0 Å². The smallest absolute Gasteiger partial charge is 0.136 e. The molecule has 0 saturated carbocycles. The number of fused-ring (bicyclic) bond motifs is 8. The molecule has 1 aromatic heterocycles. The number of para-hydroxylation sites is 1. The first-order chi connectivity index (χ1) is 25.0. The number of benzene rings is 8. The van der Waals surface area contributed by atoms with Crippen LogP contribution < -0.4 is 15.3 Å². The van der Waals surface area contributed by atoms with Gasteiger partial charge < -0.3 is 9.32 Å². The van der Waals surface area contributed by atoms with E-state index in [0.717, 1.165) is 28.2 Å². The molecule has 0 saturated heterocycles. The standard InChI is InChI=1S/C48H35NOSi/c1-51(2)45-27-26-44-47(41-20-8-9-21-43(41)50-44)48(45)42-25-24-40(31-46(42)51)49(38-18-10-16-35(29-38)32-12-4-3-5-13-32)39-19-11-17-36(30-39)37-23-22-33-14-6-7-15-34(33)28-37/h3-31H,1-2H3. The van der Waals surface area contributed by atoms with Gasteiger partial charge in [0.25, 0.3) is 0 Å². The summed E-state index contributed by atoms with van der Waals surface area (Å²) < 4.78 is 6.36. The summed E-state index contributed by atoms with van der Waals surface area (Å²) in [6.07, 6.45) is 0. The highest BCUT2D eigenvalue weighted by Crippen LogP contribution is 2.43. The zero-order valence-corrected chi connectivity index (χ0v) is 29.6. The SMILES string of the molecule is C[Si]1(C)c2cc(N(c3cccc(-c4ccccc4)c3)c3cccc(-c4ccc5ccccc5c4)c3)ccc2-c2c1ccc1oc3ccccc3c21. The lowest BCUT2D eigenvalue weighted by molar-refractivity contribution is 0.669. The van der Waals surface area contributed by atoms with E-state index in [9.17, 15) is 0 Å². The van der Waals surface area contributed by atoms with E-state index >= 15 is 0 Å². The number of hydrogen-bond acceptors (Lipinski definition) is 2. The molecule has 1 aliphatic heterocycles. The van der Waals surface area contributed by atoms with Crippen molar-refractivity contribution in [1.82, 2.24) is 0 Å². The molecular formula is C48H35NOSi. The summed E-state index contributed by atoms with van der Waals surface area (Å²) in [4.78, 5) is 2.44. The molecule has 0 radical (unpaired) electrons. The molecule has 10 rings (SSSR count). The molecule has 0 aliphatic carbocycles. The summed E-state index contributed by atoms with van der Waals surface area (Å²) in [6, 6.07) is 64.1. The Labute approximate surface area is 298 Å². The van der Waals surface area contributed by atoms with Crippen LogP contribution in [0.15, 0.2) is 180 Å². The molecule has 0 N–H and O–H groups in total. The van der Waals surface area contributed by atoms with E-state index in [1.165, 1.54) is 65.3 Å². The fraction of sp³-hybridized carbons (Fsp3) is 0.0417. The van der Waals surface area contributed by atoms with Crippen LogP contribution in [0.5, 0.6) is 0 Å². The molecule has 0 bridgehead atoms. The molecule has 242 valence electrons. The molecule has 51 heavy (non-hydrogen) atoms. The van der Waals surface area contributed by atoms with E-state index < -0.39 is 8.07 Å². The van der Waals surface area contributed by atoms with Gasteiger partial charge in [-0.2, -0.15) is 0 Å². The molecule has 2 heterocycles. The zero-order chi connectivity index (χ0) is 34.1. The molecule has 3 heteroatoms. The van der Waals surface area contributed by atoms with Crippen molar-refractivity contribution in [3.05, 3.63) is 176 Å². The molecule has 0 unspecified atom stereocenters. The lowest BCUT2D eigenvalue weighted by Gasteiger charge is -2.28. The maximum atomic E-state index is 6.36. The van der Waals surface area contributed by atoms with Gasteiger partial charge in [-0.1, -0.05) is 134 Å². The van der Waals surface area contributed by atoms with Gasteiger partial charge in [0.1, 0.15) is 19.2 Å². The van der Waals surface area contributed by atoms with Crippen molar-refractivity contribution in [2.45, 2.75) is 13.1 Å². The average molecular weight is 670 g/mol. The number of rotatable bonds is 5. The summed E-state index contributed by atoms with van der Waals surface area (Å²) in [6.45, 7) is 4.99. The highest BCUT2D eigenvalue weighted by molar-refractivity contribution is 7.04. The Morgan fingerprint density at radius 2 is 1.08 bits per heavy atom. The van der Waals surface area contributed by atoms with Gasteiger partial charge in [0.2, 0.25) is 0 Å². The van der Waals surface area contributed by atoms with Crippen molar-refractivity contribution < 1.29 is 4.42 Å². The lowest BCUT2D eigenvalue weighted by atomic mass is 9.98.